The molecule has 3 rings (SSSR count). The number of piperidine rings is 1. The molecule has 21 heavy (non-hydrogen) atoms. The predicted molar refractivity (Wildman–Crippen MR) is 84.3 cm³/mol. The van der Waals surface area contributed by atoms with Gasteiger partial charge in [0.05, 0.1) is 5.69 Å². The first-order valence-corrected chi connectivity index (χ1v) is 8.48. The number of aliphatic carboxylic acids is 1. The van der Waals surface area contributed by atoms with Gasteiger partial charge in [-0.15, -0.1) is 11.3 Å². The lowest BCUT2D eigenvalue weighted by Crippen LogP contribution is -2.37. The number of hydrogen-bond acceptors (Lipinski definition) is 5. The third-order valence-electron chi connectivity index (χ3n) is 4.51. The Kier molecular flexibility index (Phi) is 4.17. The summed E-state index contributed by atoms with van der Waals surface area (Å²) < 4.78 is 0. The summed E-state index contributed by atoms with van der Waals surface area (Å²) in [5, 5.41) is 10.3. The van der Waals surface area contributed by atoms with Crippen molar-refractivity contribution in [2.45, 2.75) is 31.6 Å². The minimum absolute atomic E-state index is 0.378. The maximum Gasteiger partial charge on any atom is 0.312 e. The third-order valence-corrected chi connectivity index (χ3v) is 5.70. The molecular weight excluding hydrogens is 286 g/mol. The lowest BCUT2D eigenvalue weighted by Gasteiger charge is -2.33. The van der Waals surface area contributed by atoms with Gasteiger partial charge < -0.3 is 14.9 Å². The highest BCUT2D eigenvalue weighted by Gasteiger charge is 2.33. The normalized spacial score (nSPS) is 22.8. The average Bonchev–Trinajstić information content (AvgIpc) is 2.98. The molecule has 1 saturated heterocycles. The molecule has 0 aromatic carbocycles. The minimum atomic E-state index is -0.727. The van der Waals surface area contributed by atoms with Gasteiger partial charge in [0.2, 0.25) is 0 Å². The summed E-state index contributed by atoms with van der Waals surface area (Å²) in [6, 6.07) is 0. The summed E-state index contributed by atoms with van der Waals surface area (Å²) in [4.78, 5) is 21.7. The molecule has 2 heterocycles. The van der Waals surface area contributed by atoms with Gasteiger partial charge in [0.1, 0.15) is 5.92 Å². The number of aryl methyl sites for hydroxylation is 1. The van der Waals surface area contributed by atoms with E-state index in [0.29, 0.717) is 6.42 Å². The summed E-state index contributed by atoms with van der Waals surface area (Å²) in [5.41, 5.74) is 0.831. The van der Waals surface area contributed by atoms with Crippen LogP contribution in [0.2, 0.25) is 0 Å². The lowest BCUT2D eigenvalue weighted by molar-refractivity contribution is -0.138. The van der Waals surface area contributed by atoms with E-state index in [1.54, 1.807) is 11.3 Å². The molecule has 1 aliphatic carbocycles. The second-order valence-electron chi connectivity index (χ2n) is 6.43. The van der Waals surface area contributed by atoms with Crippen molar-refractivity contribution in [1.82, 2.24) is 9.88 Å². The number of hydrogen-bond donors (Lipinski definition) is 1. The van der Waals surface area contributed by atoms with Crippen LogP contribution in [0.1, 0.15) is 35.8 Å². The number of thiazole rings is 1. The van der Waals surface area contributed by atoms with E-state index in [0.717, 1.165) is 42.8 Å². The Hall–Kier alpha value is -1.14. The largest absolute Gasteiger partial charge is 0.481 e. The monoisotopic (exact) mass is 309 g/mol. The zero-order valence-electron chi connectivity index (χ0n) is 12.7. The van der Waals surface area contributed by atoms with Crippen LogP contribution < -0.4 is 4.90 Å². The van der Waals surface area contributed by atoms with E-state index in [4.69, 9.17) is 0 Å². The van der Waals surface area contributed by atoms with Gasteiger partial charge in [-0.25, -0.2) is 4.98 Å². The van der Waals surface area contributed by atoms with Gasteiger partial charge in [-0.2, -0.15) is 0 Å². The fourth-order valence-corrected chi connectivity index (χ4v) is 4.60. The second-order valence-corrected chi connectivity index (χ2v) is 7.49. The summed E-state index contributed by atoms with van der Waals surface area (Å²) >= 11 is 1.71. The van der Waals surface area contributed by atoms with Crippen LogP contribution in [0.25, 0.3) is 0 Å². The maximum atomic E-state index is 11.2. The Labute approximate surface area is 129 Å². The van der Waals surface area contributed by atoms with Gasteiger partial charge in [-0.3, -0.25) is 4.79 Å². The number of carboxylic acids is 1. The van der Waals surface area contributed by atoms with E-state index < -0.39 is 5.97 Å². The molecule has 0 radical (unpaired) electrons. The van der Waals surface area contributed by atoms with Gasteiger partial charge in [0.25, 0.3) is 0 Å². The zero-order valence-corrected chi connectivity index (χ0v) is 13.5. The van der Waals surface area contributed by atoms with Crippen molar-refractivity contribution in [3.05, 3.63) is 10.6 Å². The topological polar surface area (TPSA) is 56.7 Å². The molecule has 0 bridgehead atoms. The van der Waals surface area contributed by atoms with Crippen molar-refractivity contribution >= 4 is 22.4 Å². The quantitative estimate of drug-likeness (QED) is 0.922. The minimum Gasteiger partial charge on any atom is -0.481 e. The molecule has 0 spiro atoms. The van der Waals surface area contributed by atoms with Gasteiger partial charge in [-0.1, -0.05) is 0 Å². The Balaban J connectivity index is 1.65. The van der Waals surface area contributed by atoms with E-state index in [1.165, 1.54) is 17.7 Å². The van der Waals surface area contributed by atoms with Crippen molar-refractivity contribution in [2.24, 2.45) is 5.92 Å². The number of anilines is 1. The maximum absolute atomic E-state index is 11.2. The van der Waals surface area contributed by atoms with E-state index in [1.807, 2.05) is 0 Å². The van der Waals surface area contributed by atoms with E-state index in [9.17, 15) is 9.90 Å². The molecule has 1 fully saturated rings. The Morgan fingerprint density at radius 1 is 1.38 bits per heavy atom. The highest BCUT2D eigenvalue weighted by atomic mass is 32.1. The SMILES string of the molecule is CN(C)CC1CCN(c2nc3c(s2)CCC3C(=O)O)CC1. The fraction of sp³-hybridized carbons (Fsp3) is 0.733. The molecule has 1 aromatic rings. The number of rotatable bonds is 4. The Bertz CT molecular complexity index is 521. The molecular formula is C15H23N3O2S. The molecule has 1 N–H and O–H groups in total. The van der Waals surface area contributed by atoms with Crippen LogP contribution >= 0.6 is 11.3 Å². The second kappa shape index (κ2) is 5.93. The number of carboxylic acid groups (broad SMARTS) is 1. The summed E-state index contributed by atoms with van der Waals surface area (Å²) in [6.07, 6.45) is 3.99. The molecule has 1 unspecified atom stereocenters. The van der Waals surface area contributed by atoms with Crippen LogP contribution in [0.4, 0.5) is 5.13 Å². The van der Waals surface area contributed by atoms with Crippen LogP contribution in [0.5, 0.6) is 0 Å². The number of nitrogens with zero attached hydrogens (tertiary/aromatic N) is 3. The van der Waals surface area contributed by atoms with E-state index in [2.05, 4.69) is 28.9 Å². The predicted octanol–water partition coefficient (Wildman–Crippen LogP) is 2.04. The standard InChI is InChI=1S/C15H23N3O2S/c1-17(2)9-10-5-7-18(8-6-10)15-16-13-11(14(19)20)3-4-12(13)21-15/h10-11H,3-9H2,1-2H3,(H,19,20). The first-order chi connectivity index (χ1) is 10.0. The van der Waals surface area contributed by atoms with E-state index in [-0.39, 0.29) is 5.92 Å². The van der Waals surface area contributed by atoms with Crippen LogP contribution in [0.15, 0.2) is 0 Å². The Morgan fingerprint density at radius 3 is 2.71 bits per heavy atom. The molecule has 1 atom stereocenters. The number of carbonyl (C=O) groups is 1. The van der Waals surface area contributed by atoms with Crippen LogP contribution in [0, 0.1) is 5.92 Å². The molecule has 1 aliphatic heterocycles. The first kappa shape index (κ1) is 14.8. The third kappa shape index (κ3) is 3.06. The van der Waals surface area contributed by atoms with Crippen molar-refractivity contribution in [3.8, 4) is 0 Å². The van der Waals surface area contributed by atoms with Crippen LogP contribution in [0.3, 0.4) is 0 Å². The fourth-order valence-electron chi connectivity index (χ4n) is 3.41. The van der Waals surface area contributed by atoms with Crippen LogP contribution in [-0.2, 0) is 11.2 Å². The highest BCUT2D eigenvalue weighted by Crippen LogP contribution is 2.40. The smallest absolute Gasteiger partial charge is 0.312 e. The molecule has 5 nitrogen and oxygen atoms in total. The molecule has 1 aromatic heterocycles. The lowest BCUT2D eigenvalue weighted by atomic mass is 9.97. The highest BCUT2D eigenvalue weighted by molar-refractivity contribution is 7.15. The van der Waals surface area contributed by atoms with Gasteiger partial charge >= 0.3 is 5.97 Å². The average molecular weight is 309 g/mol. The summed E-state index contributed by atoms with van der Waals surface area (Å²) in [6.45, 7) is 3.24. The first-order valence-electron chi connectivity index (χ1n) is 7.66. The molecule has 2 aliphatic rings. The van der Waals surface area contributed by atoms with Crippen molar-refractivity contribution in [3.63, 3.8) is 0 Å². The van der Waals surface area contributed by atoms with Crippen molar-refractivity contribution in [2.75, 3.05) is 38.6 Å². The van der Waals surface area contributed by atoms with E-state index >= 15 is 0 Å². The summed E-state index contributed by atoms with van der Waals surface area (Å²) in [5.74, 6) is -0.332. The van der Waals surface area contributed by atoms with Gasteiger partial charge in [0, 0.05) is 24.5 Å². The molecule has 116 valence electrons. The molecule has 6 heteroatoms. The Morgan fingerprint density at radius 2 is 2.10 bits per heavy atom. The van der Waals surface area contributed by atoms with Crippen molar-refractivity contribution in [1.29, 1.82) is 0 Å². The summed E-state index contributed by atoms with van der Waals surface area (Å²) in [7, 11) is 4.26. The van der Waals surface area contributed by atoms with Crippen LogP contribution in [-0.4, -0.2) is 54.7 Å². The zero-order chi connectivity index (χ0) is 15.0. The van der Waals surface area contributed by atoms with Crippen molar-refractivity contribution < 1.29 is 9.90 Å². The number of fused-ring (bicyclic) bond motifs is 1. The molecule has 0 saturated carbocycles. The van der Waals surface area contributed by atoms with Gasteiger partial charge in [-0.05, 0) is 45.7 Å². The van der Waals surface area contributed by atoms with Gasteiger partial charge in [0.15, 0.2) is 5.13 Å². The molecule has 0 amide bonds. The number of aromatic nitrogens is 1.